The van der Waals surface area contributed by atoms with Gasteiger partial charge in [-0.25, -0.2) is 4.79 Å². The van der Waals surface area contributed by atoms with E-state index in [1.54, 1.807) is 0 Å². The van der Waals surface area contributed by atoms with Gasteiger partial charge in [-0.3, -0.25) is 4.79 Å². The first-order valence-corrected chi connectivity index (χ1v) is 10.0. The third kappa shape index (κ3) is 8.35. The van der Waals surface area contributed by atoms with Crippen LogP contribution in [0.5, 0.6) is 0 Å². The van der Waals surface area contributed by atoms with Crippen molar-refractivity contribution >= 4 is 12.0 Å². The molecule has 0 saturated heterocycles. The van der Waals surface area contributed by atoms with Crippen LogP contribution < -0.4 is 10.6 Å². The Labute approximate surface area is 172 Å². The second-order valence-electron chi connectivity index (χ2n) is 6.98. The van der Waals surface area contributed by atoms with Crippen LogP contribution in [0.1, 0.15) is 37.3 Å². The summed E-state index contributed by atoms with van der Waals surface area (Å²) in [5, 5.41) is 15.0. The van der Waals surface area contributed by atoms with E-state index in [9.17, 15) is 14.7 Å². The normalized spacial score (nSPS) is 12.6. The lowest BCUT2D eigenvalue weighted by Gasteiger charge is -2.22. The number of unbranched alkanes of at least 4 members (excludes halogenated alkanes) is 1. The van der Waals surface area contributed by atoms with Crippen molar-refractivity contribution in [1.29, 1.82) is 0 Å². The minimum Gasteiger partial charge on any atom is -0.445 e. The number of carbonyl (C=O) groups is 2. The van der Waals surface area contributed by atoms with Crippen molar-refractivity contribution in [3.8, 4) is 0 Å². The molecular weight excluding hydrogens is 368 g/mol. The van der Waals surface area contributed by atoms with Crippen molar-refractivity contribution in [2.24, 2.45) is 0 Å². The van der Waals surface area contributed by atoms with Gasteiger partial charge in [-0.15, -0.1) is 0 Å². The summed E-state index contributed by atoms with van der Waals surface area (Å²) < 4.78 is 5.26. The number of amides is 2. The van der Waals surface area contributed by atoms with Crippen LogP contribution in [0.15, 0.2) is 60.7 Å². The standard InChI is InChI=1S/C23H30N2O4/c1-2-3-14-20(16-26)24-22(27)21(15-18-10-6-4-7-11-18)25-23(28)29-17-19-12-8-5-9-13-19/h4-13,20-21,26H,2-3,14-17H2,1H3,(H,24,27)(H,25,28)/t20?,21-/m0/s1. The molecule has 3 N–H and O–H groups in total. The van der Waals surface area contributed by atoms with E-state index in [2.05, 4.69) is 17.6 Å². The highest BCUT2D eigenvalue weighted by Gasteiger charge is 2.24. The van der Waals surface area contributed by atoms with E-state index in [4.69, 9.17) is 4.74 Å². The zero-order valence-electron chi connectivity index (χ0n) is 16.8. The van der Waals surface area contributed by atoms with Crippen molar-refractivity contribution in [3.63, 3.8) is 0 Å². The number of nitrogens with one attached hydrogen (secondary N) is 2. The molecule has 0 bridgehead atoms. The average Bonchev–Trinajstić information content (AvgIpc) is 2.76. The zero-order valence-corrected chi connectivity index (χ0v) is 16.8. The predicted octanol–water partition coefficient (Wildman–Crippen LogP) is 3.19. The van der Waals surface area contributed by atoms with Crippen LogP contribution in [0.25, 0.3) is 0 Å². The first-order chi connectivity index (χ1) is 14.1. The van der Waals surface area contributed by atoms with E-state index in [0.29, 0.717) is 12.8 Å². The van der Waals surface area contributed by atoms with Gasteiger partial charge in [0.15, 0.2) is 0 Å². The van der Waals surface area contributed by atoms with Crippen LogP contribution in [0.4, 0.5) is 4.79 Å². The second kappa shape index (κ2) is 12.6. The summed E-state index contributed by atoms with van der Waals surface area (Å²) in [6.45, 7) is 2.04. The van der Waals surface area contributed by atoms with Crippen LogP contribution in [-0.4, -0.2) is 35.8 Å². The smallest absolute Gasteiger partial charge is 0.408 e. The van der Waals surface area contributed by atoms with Gasteiger partial charge in [0, 0.05) is 6.42 Å². The Bertz CT molecular complexity index is 737. The molecule has 2 aromatic rings. The maximum Gasteiger partial charge on any atom is 0.408 e. The van der Waals surface area contributed by atoms with E-state index < -0.39 is 12.1 Å². The molecule has 0 aliphatic carbocycles. The van der Waals surface area contributed by atoms with Gasteiger partial charge in [-0.05, 0) is 17.5 Å². The third-order valence-corrected chi connectivity index (χ3v) is 4.58. The molecule has 2 atom stereocenters. The largest absolute Gasteiger partial charge is 0.445 e. The Balaban J connectivity index is 1.99. The van der Waals surface area contributed by atoms with E-state index in [0.717, 1.165) is 24.0 Å². The molecule has 0 aliphatic rings. The highest BCUT2D eigenvalue weighted by atomic mass is 16.5. The van der Waals surface area contributed by atoms with E-state index in [1.165, 1.54) is 0 Å². The molecule has 156 valence electrons. The van der Waals surface area contributed by atoms with Crippen molar-refractivity contribution in [2.75, 3.05) is 6.61 Å². The Morgan fingerprint density at radius 2 is 1.59 bits per heavy atom. The fourth-order valence-electron chi connectivity index (χ4n) is 2.93. The highest BCUT2D eigenvalue weighted by molar-refractivity contribution is 5.86. The van der Waals surface area contributed by atoms with Gasteiger partial charge in [-0.1, -0.05) is 80.4 Å². The topological polar surface area (TPSA) is 87.7 Å². The summed E-state index contributed by atoms with van der Waals surface area (Å²) >= 11 is 0. The number of benzene rings is 2. The van der Waals surface area contributed by atoms with Crippen LogP contribution in [-0.2, 0) is 22.6 Å². The Kier molecular flexibility index (Phi) is 9.72. The van der Waals surface area contributed by atoms with Crippen molar-refractivity contribution in [2.45, 2.75) is 51.3 Å². The molecule has 6 nitrogen and oxygen atoms in total. The molecule has 2 rings (SSSR count). The number of ether oxygens (including phenoxy) is 1. The molecule has 0 aromatic heterocycles. The first kappa shape index (κ1) is 22.4. The molecule has 6 heteroatoms. The Morgan fingerprint density at radius 1 is 0.966 bits per heavy atom. The van der Waals surface area contributed by atoms with Gasteiger partial charge >= 0.3 is 6.09 Å². The number of aliphatic hydroxyl groups excluding tert-OH is 1. The monoisotopic (exact) mass is 398 g/mol. The first-order valence-electron chi connectivity index (χ1n) is 10.0. The fourth-order valence-corrected chi connectivity index (χ4v) is 2.93. The van der Waals surface area contributed by atoms with Gasteiger partial charge in [0.25, 0.3) is 0 Å². The van der Waals surface area contributed by atoms with Gasteiger partial charge in [-0.2, -0.15) is 0 Å². The number of hydrogen-bond acceptors (Lipinski definition) is 4. The quantitative estimate of drug-likeness (QED) is 0.542. The maximum absolute atomic E-state index is 12.8. The molecule has 0 saturated carbocycles. The molecule has 1 unspecified atom stereocenters. The van der Waals surface area contributed by atoms with E-state index in [1.807, 2.05) is 60.7 Å². The molecule has 0 radical (unpaired) electrons. The lowest BCUT2D eigenvalue weighted by Crippen LogP contribution is -2.51. The summed E-state index contributed by atoms with van der Waals surface area (Å²) in [6.07, 6.45) is 2.25. The van der Waals surface area contributed by atoms with Crippen LogP contribution in [0.2, 0.25) is 0 Å². The zero-order chi connectivity index (χ0) is 20.9. The van der Waals surface area contributed by atoms with Gasteiger partial charge in [0.2, 0.25) is 5.91 Å². The number of carbonyl (C=O) groups excluding carboxylic acids is 2. The van der Waals surface area contributed by atoms with E-state index in [-0.39, 0.29) is 25.2 Å². The molecule has 29 heavy (non-hydrogen) atoms. The predicted molar refractivity (Wildman–Crippen MR) is 112 cm³/mol. The lowest BCUT2D eigenvalue weighted by atomic mass is 10.0. The van der Waals surface area contributed by atoms with Crippen LogP contribution >= 0.6 is 0 Å². The average molecular weight is 399 g/mol. The number of aliphatic hydroxyl groups is 1. The van der Waals surface area contributed by atoms with Gasteiger partial charge in [0.05, 0.1) is 12.6 Å². The minimum absolute atomic E-state index is 0.127. The summed E-state index contributed by atoms with van der Waals surface area (Å²) in [7, 11) is 0. The van der Waals surface area contributed by atoms with Crippen LogP contribution in [0.3, 0.4) is 0 Å². The minimum atomic E-state index is -0.795. The Morgan fingerprint density at radius 3 is 2.17 bits per heavy atom. The maximum atomic E-state index is 12.8. The van der Waals surface area contributed by atoms with Gasteiger partial charge < -0.3 is 20.5 Å². The van der Waals surface area contributed by atoms with Crippen molar-refractivity contribution in [1.82, 2.24) is 10.6 Å². The summed E-state index contributed by atoms with van der Waals surface area (Å²) in [4.78, 5) is 25.1. The molecule has 0 heterocycles. The second-order valence-corrected chi connectivity index (χ2v) is 6.98. The molecule has 0 aliphatic heterocycles. The number of alkyl carbamates (subject to hydrolysis) is 1. The number of rotatable bonds is 11. The summed E-state index contributed by atoms with van der Waals surface area (Å²) in [5.74, 6) is -0.333. The van der Waals surface area contributed by atoms with Crippen LogP contribution in [0, 0.1) is 0 Å². The Hall–Kier alpha value is -2.86. The highest BCUT2D eigenvalue weighted by Crippen LogP contribution is 2.07. The van der Waals surface area contributed by atoms with Gasteiger partial charge in [0.1, 0.15) is 12.6 Å². The fraction of sp³-hybridized carbons (Fsp3) is 0.391. The molecule has 0 spiro atoms. The molecular formula is C23H30N2O4. The SMILES string of the molecule is CCCCC(CO)NC(=O)[C@H](Cc1ccccc1)NC(=O)OCc1ccccc1. The molecule has 0 fully saturated rings. The third-order valence-electron chi connectivity index (χ3n) is 4.58. The summed E-state index contributed by atoms with van der Waals surface area (Å²) in [6, 6.07) is 17.7. The van der Waals surface area contributed by atoms with Crippen molar-refractivity contribution < 1.29 is 19.4 Å². The molecule has 2 amide bonds. The van der Waals surface area contributed by atoms with E-state index >= 15 is 0 Å². The van der Waals surface area contributed by atoms with Crippen molar-refractivity contribution in [3.05, 3.63) is 71.8 Å². The lowest BCUT2D eigenvalue weighted by molar-refractivity contribution is -0.124. The molecule has 2 aromatic carbocycles. The number of hydrogen-bond donors (Lipinski definition) is 3. The summed E-state index contributed by atoms with van der Waals surface area (Å²) in [5.41, 5.74) is 1.79.